The van der Waals surface area contributed by atoms with E-state index in [4.69, 9.17) is 13.9 Å². The second-order valence-corrected chi connectivity index (χ2v) is 9.20. The van der Waals surface area contributed by atoms with Crippen molar-refractivity contribution in [2.75, 3.05) is 25.2 Å². The number of hydrogen-bond donors (Lipinski definition) is 1. The molecule has 0 saturated heterocycles. The van der Waals surface area contributed by atoms with Crippen LogP contribution in [0.15, 0.2) is 76.4 Å². The molecule has 3 aromatic rings. The summed E-state index contributed by atoms with van der Waals surface area (Å²) in [7, 11) is 1.59. The van der Waals surface area contributed by atoms with E-state index in [1.165, 1.54) is 4.90 Å². The van der Waals surface area contributed by atoms with Crippen molar-refractivity contribution < 1.29 is 28.6 Å². The first-order chi connectivity index (χ1) is 17.3. The first kappa shape index (κ1) is 25.3. The SMILES string of the molecule is COCCOc1ccccc1C1C(C(=O)CC(C)C)=C(O)C(=O)N1c1ccc(-c2ccc(C)o2)cc1. The molecule has 2 heterocycles. The molecule has 0 spiro atoms. The fourth-order valence-electron chi connectivity index (χ4n) is 4.38. The quantitative estimate of drug-likeness (QED) is 0.362. The lowest BCUT2D eigenvalue weighted by Gasteiger charge is -2.28. The van der Waals surface area contributed by atoms with Crippen LogP contribution in [0.4, 0.5) is 5.69 Å². The van der Waals surface area contributed by atoms with Crippen LogP contribution >= 0.6 is 0 Å². The number of rotatable bonds is 10. The molecule has 1 N–H and O–H groups in total. The molecule has 7 nitrogen and oxygen atoms in total. The summed E-state index contributed by atoms with van der Waals surface area (Å²) >= 11 is 0. The van der Waals surface area contributed by atoms with Gasteiger partial charge in [-0.05, 0) is 55.3 Å². The van der Waals surface area contributed by atoms with Crippen molar-refractivity contribution >= 4 is 17.4 Å². The lowest BCUT2D eigenvalue weighted by Crippen LogP contribution is -2.31. The summed E-state index contributed by atoms with van der Waals surface area (Å²) in [5, 5.41) is 10.9. The van der Waals surface area contributed by atoms with Gasteiger partial charge in [-0.2, -0.15) is 0 Å². The number of aliphatic hydroxyl groups is 1. The molecule has 36 heavy (non-hydrogen) atoms. The number of aliphatic hydroxyl groups excluding tert-OH is 1. The van der Waals surface area contributed by atoms with Gasteiger partial charge in [0.25, 0.3) is 5.91 Å². The summed E-state index contributed by atoms with van der Waals surface area (Å²) in [6, 6.07) is 17.5. The molecule has 1 aliphatic rings. The van der Waals surface area contributed by atoms with Gasteiger partial charge in [0.1, 0.15) is 23.9 Å². The Morgan fingerprint density at radius 1 is 1.06 bits per heavy atom. The zero-order valence-electron chi connectivity index (χ0n) is 21.0. The highest BCUT2D eigenvalue weighted by Gasteiger charge is 2.45. The summed E-state index contributed by atoms with van der Waals surface area (Å²) in [6.45, 7) is 6.42. The lowest BCUT2D eigenvalue weighted by atomic mass is 9.91. The maximum Gasteiger partial charge on any atom is 0.294 e. The van der Waals surface area contributed by atoms with Crippen molar-refractivity contribution in [3.63, 3.8) is 0 Å². The highest BCUT2D eigenvalue weighted by molar-refractivity contribution is 6.16. The predicted octanol–water partition coefficient (Wildman–Crippen LogP) is 5.80. The molecule has 7 heteroatoms. The second kappa shape index (κ2) is 10.8. The number of carbonyl (C=O) groups excluding carboxylic acids is 2. The minimum atomic E-state index is -0.834. The molecule has 188 valence electrons. The average Bonchev–Trinajstić information content (AvgIpc) is 3.40. The molecule has 2 aromatic carbocycles. The van der Waals surface area contributed by atoms with E-state index in [0.29, 0.717) is 36.0 Å². The van der Waals surface area contributed by atoms with Crippen LogP contribution in [0, 0.1) is 12.8 Å². The Morgan fingerprint density at radius 2 is 1.78 bits per heavy atom. The van der Waals surface area contributed by atoms with Crippen molar-refractivity contribution in [2.24, 2.45) is 5.92 Å². The third-order valence-electron chi connectivity index (χ3n) is 6.03. The fraction of sp³-hybridized carbons (Fsp3) is 0.310. The van der Waals surface area contributed by atoms with E-state index in [9.17, 15) is 14.7 Å². The van der Waals surface area contributed by atoms with E-state index in [0.717, 1.165) is 11.3 Å². The van der Waals surface area contributed by atoms with E-state index >= 15 is 0 Å². The first-order valence-corrected chi connectivity index (χ1v) is 12.0. The average molecular weight is 490 g/mol. The van der Waals surface area contributed by atoms with Gasteiger partial charge in [-0.15, -0.1) is 0 Å². The third kappa shape index (κ3) is 5.06. The highest BCUT2D eigenvalue weighted by atomic mass is 16.5. The van der Waals surface area contributed by atoms with Crippen molar-refractivity contribution in [2.45, 2.75) is 33.2 Å². The van der Waals surface area contributed by atoms with E-state index in [2.05, 4.69) is 0 Å². The number of Topliss-reactive ketones (excluding diaryl/α,β-unsaturated/α-hetero) is 1. The Bertz CT molecular complexity index is 1270. The largest absolute Gasteiger partial charge is 0.503 e. The molecule has 4 rings (SSSR count). The minimum Gasteiger partial charge on any atom is -0.503 e. The van der Waals surface area contributed by atoms with Gasteiger partial charge in [0.05, 0.1) is 18.2 Å². The highest BCUT2D eigenvalue weighted by Crippen LogP contribution is 2.44. The number of furan rings is 1. The number of benzene rings is 2. The van der Waals surface area contributed by atoms with Crippen molar-refractivity contribution in [3.05, 3.63) is 83.3 Å². The normalized spacial score (nSPS) is 15.8. The van der Waals surface area contributed by atoms with Crippen LogP contribution in [-0.2, 0) is 14.3 Å². The van der Waals surface area contributed by atoms with Crippen LogP contribution < -0.4 is 9.64 Å². The topological polar surface area (TPSA) is 89.2 Å². The molecule has 0 bridgehead atoms. The van der Waals surface area contributed by atoms with Crippen LogP contribution in [0.5, 0.6) is 5.75 Å². The molecule has 1 atom stereocenters. The summed E-state index contributed by atoms with van der Waals surface area (Å²) < 4.78 is 16.8. The Hall–Kier alpha value is -3.84. The van der Waals surface area contributed by atoms with E-state index in [1.54, 1.807) is 25.3 Å². The van der Waals surface area contributed by atoms with Gasteiger partial charge in [-0.1, -0.05) is 32.0 Å². The van der Waals surface area contributed by atoms with E-state index in [1.807, 2.05) is 63.2 Å². The molecule has 1 amide bonds. The zero-order valence-corrected chi connectivity index (χ0v) is 21.0. The van der Waals surface area contributed by atoms with Gasteiger partial charge in [-0.25, -0.2) is 0 Å². The second-order valence-electron chi connectivity index (χ2n) is 9.20. The van der Waals surface area contributed by atoms with Crippen LogP contribution in [0.25, 0.3) is 11.3 Å². The standard InChI is InChI=1S/C29H31NO6/c1-18(2)17-23(31)26-27(22-7-5-6-8-25(22)35-16-15-34-4)30(29(33)28(26)32)21-12-10-20(11-13-21)24-14-9-19(3)36-24/h5-14,18,27,32H,15-17H2,1-4H3. The van der Waals surface area contributed by atoms with Gasteiger partial charge in [0.2, 0.25) is 0 Å². The van der Waals surface area contributed by atoms with Gasteiger partial charge in [-0.3, -0.25) is 14.5 Å². The number of para-hydroxylation sites is 1. The number of nitrogens with zero attached hydrogens (tertiary/aromatic N) is 1. The fourth-order valence-corrected chi connectivity index (χ4v) is 4.38. The molecule has 0 aliphatic carbocycles. The Labute approximate surface area is 210 Å². The minimum absolute atomic E-state index is 0.0619. The van der Waals surface area contributed by atoms with Gasteiger partial charge in [0, 0.05) is 30.3 Å². The zero-order chi connectivity index (χ0) is 25.8. The van der Waals surface area contributed by atoms with Crippen molar-refractivity contribution in [3.8, 4) is 17.1 Å². The summed E-state index contributed by atoms with van der Waals surface area (Å²) in [4.78, 5) is 28.2. The number of anilines is 1. The van der Waals surface area contributed by atoms with Crippen molar-refractivity contribution in [1.82, 2.24) is 0 Å². The maximum atomic E-state index is 13.4. The maximum absolute atomic E-state index is 13.4. The van der Waals surface area contributed by atoms with E-state index < -0.39 is 17.7 Å². The Morgan fingerprint density at radius 3 is 2.42 bits per heavy atom. The van der Waals surface area contributed by atoms with Crippen LogP contribution in [0.1, 0.15) is 37.6 Å². The number of hydrogen-bond acceptors (Lipinski definition) is 6. The number of amides is 1. The first-order valence-electron chi connectivity index (χ1n) is 12.0. The van der Waals surface area contributed by atoms with Crippen molar-refractivity contribution in [1.29, 1.82) is 0 Å². The van der Waals surface area contributed by atoms with Crippen LogP contribution in [0.2, 0.25) is 0 Å². The van der Waals surface area contributed by atoms with E-state index in [-0.39, 0.29) is 23.7 Å². The number of carbonyl (C=O) groups is 2. The molecule has 0 fully saturated rings. The molecule has 1 unspecified atom stereocenters. The molecule has 1 aliphatic heterocycles. The summed E-state index contributed by atoms with van der Waals surface area (Å²) in [6.07, 6.45) is 0.209. The van der Waals surface area contributed by atoms with Crippen LogP contribution in [-0.4, -0.2) is 37.1 Å². The number of ketones is 1. The van der Waals surface area contributed by atoms with Gasteiger partial charge < -0.3 is 19.0 Å². The summed E-state index contributed by atoms with van der Waals surface area (Å²) in [5.41, 5.74) is 2.10. The Kier molecular flexibility index (Phi) is 7.60. The monoisotopic (exact) mass is 489 g/mol. The van der Waals surface area contributed by atoms with Gasteiger partial charge in [0.15, 0.2) is 11.5 Å². The molecular formula is C29H31NO6. The Balaban J connectivity index is 1.78. The molecule has 1 aromatic heterocycles. The number of aryl methyl sites for hydroxylation is 1. The molecular weight excluding hydrogens is 458 g/mol. The van der Waals surface area contributed by atoms with Gasteiger partial charge >= 0.3 is 0 Å². The molecule has 0 radical (unpaired) electrons. The summed E-state index contributed by atoms with van der Waals surface area (Å²) in [5.74, 6) is 0.683. The van der Waals surface area contributed by atoms with Crippen LogP contribution in [0.3, 0.4) is 0 Å². The lowest BCUT2D eigenvalue weighted by molar-refractivity contribution is -0.118. The smallest absolute Gasteiger partial charge is 0.294 e. The molecule has 0 saturated carbocycles. The predicted molar refractivity (Wildman–Crippen MR) is 137 cm³/mol. The number of methoxy groups -OCH3 is 1. The third-order valence-corrected chi connectivity index (χ3v) is 6.03. The number of ether oxygens (including phenoxy) is 2.